The molecule has 36 heavy (non-hydrogen) atoms. The lowest BCUT2D eigenvalue weighted by Gasteiger charge is -2.17. The lowest BCUT2D eigenvalue weighted by molar-refractivity contribution is -0.120. The van der Waals surface area contributed by atoms with Crippen molar-refractivity contribution in [3.8, 4) is 11.5 Å². The third-order valence-corrected chi connectivity index (χ3v) is 5.77. The molecule has 0 bridgehead atoms. The average Bonchev–Trinajstić information content (AvgIpc) is 3.09. The second kappa shape index (κ2) is 10.1. The van der Waals surface area contributed by atoms with Gasteiger partial charge in [0.1, 0.15) is 22.2 Å². The fraction of sp³-hybridized carbons (Fsp3) is 0.0400. The zero-order chi connectivity index (χ0) is 26.0. The van der Waals surface area contributed by atoms with E-state index in [1.807, 2.05) is 0 Å². The molecule has 0 aromatic heterocycles. The van der Waals surface area contributed by atoms with Crippen molar-refractivity contribution >= 4 is 58.3 Å². The van der Waals surface area contributed by atoms with Crippen LogP contribution in [0.4, 0.5) is 11.4 Å². The van der Waals surface area contributed by atoms with E-state index in [1.54, 1.807) is 12.1 Å². The topological polar surface area (TPSA) is 122 Å². The van der Waals surface area contributed by atoms with Crippen molar-refractivity contribution in [2.24, 2.45) is 0 Å². The zero-order valence-corrected chi connectivity index (χ0v) is 20.0. The number of para-hydroxylation sites is 1. The summed E-state index contributed by atoms with van der Waals surface area (Å²) in [6.45, 7) is 0. The molecule has 1 heterocycles. The molecule has 0 aliphatic carbocycles. The Morgan fingerprint density at radius 3 is 2.28 bits per heavy atom. The van der Waals surface area contributed by atoms with Crippen LogP contribution < -0.4 is 15.0 Å². The van der Waals surface area contributed by atoms with Crippen molar-refractivity contribution in [2.45, 2.75) is 0 Å². The quantitative estimate of drug-likeness (QED) is 0.273. The monoisotopic (exact) mass is 526 g/mol. The van der Waals surface area contributed by atoms with Gasteiger partial charge in [0.05, 0.1) is 28.9 Å². The lowest BCUT2D eigenvalue weighted by atomic mass is 10.1. The van der Waals surface area contributed by atoms with Crippen LogP contribution in [0.2, 0.25) is 5.02 Å². The lowest BCUT2D eigenvalue weighted by Crippen LogP contribution is -2.33. The number of nitrogens with one attached hydrogen (secondary N) is 1. The predicted octanol–water partition coefficient (Wildman–Crippen LogP) is 4.49. The van der Waals surface area contributed by atoms with E-state index in [0.29, 0.717) is 5.69 Å². The number of carbonyl (C=O) groups excluding carboxylic acids is 4. The molecule has 0 radical (unpaired) electrons. The number of aromatic hydroxyl groups is 1. The molecular weight excluding hydrogens is 511 g/mol. The molecular formula is C25H16Cl2N2O7. The number of anilines is 2. The number of ether oxygens (including phenoxy) is 2. The number of imide groups is 1. The molecule has 0 saturated heterocycles. The van der Waals surface area contributed by atoms with Gasteiger partial charge in [-0.2, -0.15) is 0 Å². The summed E-state index contributed by atoms with van der Waals surface area (Å²) in [5.41, 5.74) is 0.379. The van der Waals surface area contributed by atoms with Crippen LogP contribution in [-0.2, 0) is 14.3 Å². The number of phenolic OH excluding ortho intramolecular Hbond substituents is 1. The molecule has 0 unspecified atom stereocenters. The number of halogens is 2. The Morgan fingerprint density at radius 1 is 0.917 bits per heavy atom. The molecule has 0 spiro atoms. The summed E-state index contributed by atoms with van der Waals surface area (Å²) >= 11 is 11.9. The summed E-state index contributed by atoms with van der Waals surface area (Å²) in [6, 6.07) is 15.8. The third kappa shape index (κ3) is 4.74. The second-order valence-corrected chi connectivity index (χ2v) is 8.13. The zero-order valence-electron chi connectivity index (χ0n) is 18.5. The number of benzene rings is 3. The number of hydrogen-bond donors (Lipinski definition) is 2. The van der Waals surface area contributed by atoms with Gasteiger partial charge >= 0.3 is 11.9 Å². The van der Waals surface area contributed by atoms with E-state index in [2.05, 4.69) is 5.32 Å². The van der Waals surface area contributed by atoms with E-state index in [9.17, 15) is 24.3 Å². The highest BCUT2D eigenvalue weighted by molar-refractivity contribution is 6.53. The van der Waals surface area contributed by atoms with E-state index >= 15 is 0 Å². The Hall–Kier alpha value is -4.34. The number of phenols is 1. The molecule has 4 rings (SSSR count). The van der Waals surface area contributed by atoms with E-state index < -0.39 is 23.8 Å². The minimum Gasteiger partial charge on any atom is -0.506 e. The van der Waals surface area contributed by atoms with Crippen molar-refractivity contribution in [1.82, 2.24) is 0 Å². The average molecular weight is 527 g/mol. The molecule has 0 fully saturated rings. The van der Waals surface area contributed by atoms with E-state index in [-0.39, 0.29) is 44.1 Å². The van der Waals surface area contributed by atoms with Gasteiger partial charge in [-0.1, -0.05) is 35.3 Å². The Morgan fingerprint density at radius 2 is 1.61 bits per heavy atom. The summed E-state index contributed by atoms with van der Waals surface area (Å²) in [5, 5.41) is 12.2. The van der Waals surface area contributed by atoms with E-state index in [0.717, 1.165) is 4.90 Å². The first-order valence-corrected chi connectivity index (χ1v) is 11.0. The van der Waals surface area contributed by atoms with Crippen LogP contribution in [0.1, 0.15) is 20.7 Å². The molecule has 1 aliphatic heterocycles. The number of amides is 2. The number of rotatable bonds is 6. The highest BCUT2D eigenvalue weighted by Gasteiger charge is 2.40. The Kier molecular flexibility index (Phi) is 6.96. The van der Waals surface area contributed by atoms with Crippen LogP contribution >= 0.6 is 23.2 Å². The minimum absolute atomic E-state index is 0.0179. The maximum atomic E-state index is 13.1. The normalized spacial score (nSPS) is 13.1. The van der Waals surface area contributed by atoms with Crippen LogP contribution in [0, 0.1) is 0 Å². The molecule has 1 aliphatic rings. The number of hydrogen-bond acceptors (Lipinski definition) is 8. The van der Waals surface area contributed by atoms with Crippen LogP contribution in [0.5, 0.6) is 11.5 Å². The van der Waals surface area contributed by atoms with Gasteiger partial charge in [0.15, 0.2) is 0 Å². The molecule has 9 nitrogen and oxygen atoms in total. The Bertz CT molecular complexity index is 1430. The Labute approximate surface area is 214 Å². The summed E-state index contributed by atoms with van der Waals surface area (Å²) in [5.74, 6) is -3.13. The second-order valence-electron chi connectivity index (χ2n) is 7.35. The van der Waals surface area contributed by atoms with Gasteiger partial charge in [-0.05, 0) is 48.5 Å². The van der Waals surface area contributed by atoms with Gasteiger partial charge in [-0.15, -0.1) is 0 Å². The van der Waals surface area contributed by atoms with Gasteiger partial charge in [-0.3, -0.25) is 9.59 Å². The first kappa shape index (κ1) is 24.8. The van der Waals surface area contributed by atoms with Crippen molar-refractivity contribution in [3.63, 3.8) is 0 Å². The highest BCUT2D eigenvalue weighted by Crippen LogP contribution is 2.33. The smallest absolute Gasteiger partial charge is 0.343 e. The number of esters is 2. The number of carbonyl (C=O) groups is 4. The molecule has 182 valence electrons. The first-order valence-electron chi connectivity index (χ1n) is 10.2. The SMILES string of the molecule is COC(=O)c1ccccc1N1C(=O)C(Cl)=C(Nc2ccc(C(=O)Oc3ccc(Cl)c(O)c3)cc2)C1=O. The predicted molar refractivity (Wildman–Crippen MR) is 131 cm³/mol. The van der Waals surface area contributed by atoms with Gasteiger partial charge in [0, 0.05) is 11.8 Å². The molecule has 0 atom stereocenters. The minimum atomic E-state index is -0.813. The molecule has 11 heteroatoms. The molecule has 2 N–H and O–H groups in total. The van der Waals surface area contributed by atoms with Crippen LogP contribution in [0.3, 0.4) is 0 Å². The van der Waals surface area contributed by atoms with Gasteiger partial charge in [0.25, 0.3) is 11.8 Å². The third-order valence-electron chi connectivity index (χ3n) is 5.10. The van der Waals surface area contributed by atoms with Crippen molar-refractivity contribution in [2.75, 3.05) is 17.3 Å². The summed E-state index contributed by atoms with van der Waals surface area (Å²) < 4.78 is 9.94. The number of methoxy groups -OCH3 is 1. The molecule has 2 amide bonds. The highest BCUT2D eigenvalue weighted by atomic mass is 35.5. The fourth-order valence-electron chi connectivity index (χ4n) is 3.34. The molecule has 3 aromatic carbocycles. The Balaban J connectivity index is 1.51. The van der Waals surface area contributed by atoms with Crippen molar-refractivity contribution in [1.29, 1.82) is 0 Å². The maximum Gasteiger partial charge on any atom is 0.343 e. The standard InChI is InChI=1S/C25H16Cl2N2O7/c1-35-25(34)16-4-2-3-5-18(16)29-22(31)20(27)21(23(29)32)28-14-8-6-13(7-9-14)24(33)36-15-10-11-17(26)19(30)12-15/h2-12,28,30H,1H3. The molecule has 3 aromatic rings. The number of nitrogens with zero attached hydrogens (tertiary/aromatic N) is 1. The van der Waals surface area contributed by atoms with Gasteiger partial charge in [-0.25, -0.2) is 14.5 Å². The van der Waals surface area contributed by atoms with Gasteiger partial charge < -0.3 is 19.9 Å². The maximum absolute atomic E-state index is 13.1. The largest absolute Gasteiger partial charge is 0.506 e. The van der Waals surface area contributed by atoms with Crippen LogP contribution in [0.15, 0.2) is 77.5 Å². The summed E-state index contributed by atoms with van der Waals surface area (Å²) in [6.07, 6.45) is 0. The van der Waals surface area contributed by atoms with Crippen LogP contribution in [0.25, 0.3) is 0 Å². The van der Waals surface area contributed by atoms with Crippen LogP contribution in [-0.4, -0.2) is 36.0 Å². The van der Waals surface area contributed by atoms with Crippen molar-refractivity contribution in [3.05, 3.63) is 93.6 Å². The van der Waals surface area contributed by atoms with E-state index in [1.165, 1.54) is 61.7 Å². The summed E-state index contributed by atoms with van der Waals surface area (Å²) in [7, 11) is 1.18. The van der Waals surface area contributed by atoms with Gasteiger partial charge in [0.2, 0.25) is 0 Å². The fourth-order valence-corrected chi connectivity index (χ4v) is 3.67. The first-order chi connectivity index (χ1) is 17.2. The van der Waals surface area contributed by atoms with E-state index in [4.69, 9.17) is 32.7 Å². The molecule has 0 saturated carbocycles. The summed E-state index contributed by atoms with van der Waals surface area (Å²) in [4.78, 5) is 51.1. The van der Waals surface area contributed by atoms with Crippen molar-refractivity contribution < 1.29 is 33.8 Å².